The number of aryl methyl sites for hydroxylation is 1. The normalized spacial score (nSPS) is 28.5. The molecule has 0 atom stereocenters. The van der Waals surface area contributed by atoms with Gasteiger partial charge < -0.3 is 10.0 Å². The van der Waals surface area contributed by atoms with Gasteiger partial charge in [0.2, 0.25) is 5.91 Å². The van der Waals surface area contributed by atoms with Crippen molar-refractivity contribution in [1.29, 1.82) is 0 Å². The number of likely N-dealkylation sites (tertiary alicyclic amines) is 1. The minimum Gasteiger partial charge on any atom is -0.390 e. The molecule has 0 unspecified atom stereocenters. The number of amides is 1. The average molecular weight is 315 g/mol. The summed E-state index contributed by atoms with van der Waals surface area (Å²) in [5.74, 6) is 1.02. The predicted octanol–water partition coefficient (Wildman–Crippen LogP) is 3.19. The maximum atomic E-state index is 12.4. The number of carbonyl (C=O) groups excluding carboxylic acids is 1. The molecule has 0 radical (unpaired) electrons. The molecule has 1 amide bonds. The molecule has 1 N–H and O–H groups in total. The molecule has 23 heavy (non-hydrogen) atoms. The van der Waals surface area contributed by atoms with Gasteiger partial charge in [-0.25, -0.2) is 0 Å². The Morgan fingerprint density at radius 1 is 1.26 bits per heavy atom. The summed E-state index contributed by atoms with van der Waals surface area (Å²) in [5, 5.41) is 9.81. The van der Waals surface area contributed by atoms with Crippen LogP contribution in [0.15, 0.2) is 24.3 Å². The fourth-order valence-electron chi connectivity index (χ4n) is 4.10. The Kier molecular flexibility index (Phi) is 4.77. The van der Waals surface area contributed by atoms with Gasteiger partial charge in [0.1, 0.15) is 0 Å². The first-order chi connectivity index (χ1) is 11.0. The van der Waals surface area contributed by atoms with Gasteiger partial charge in [0.15, 0.2) is 0 Å². The lowest BCUT2D eigenvalue weighted by Crippen LogP contribution is -2.51. The van der Waals surface area contributed by atoms with E-state index >= 15 is 0 Å². The number of carbonyl (C=O) groups is 1. The van der Waals surface area contributed by atoms with E-state index in [-0.39, 0.29) is 11.8 Å². The second-order valence-corrected chi connectivity index (χ2v) is 7.75. The number of benzene rings is 1. The zero-order valence-corrected chi connectivity index (χ0v) is 14.4. The van der Waals surface area contributed by atoms with Gasteiger partial charge in [-0.15, -0.1) is 0 Å². The van der Waals surface area contributed by atoms with Crippen molar-refractivity contribution in [2.75, 3.05) is 13.1 Å². The van der Waals surface area contributed by atoms with Gasteiger partial charge in [-0.3, -0.25) is 4.79 Å². The van der Waals surface area contributed by atoms with Crippen LogP contribution in [0.25, 0.3) is 0 Å². The van der Waals surface area contributed by atoms with Gasteiger partial charge in [0, 0.05) is 19.0 Å². The SMILES string of the molecule is CCc1cccc(CC2CCN(C(=O)[C@H]3C[C@@](C)(O)C3)CC2)c1. The molecule has 3 heteroatoms. The van der Waals surface area contributed by atoms with Crippen molar-refractivity contribution in [3.05, 3.63) is 35.4 Å². The highest BCUT2D eigenvalue weighted by atomic mass is 16.3. The molecule has 3 nitrogen and oxygen atoms in total. The molecule has 0 aromatic heterocycles. The van der Waals surface area contributed by atoms with Crippen molar-refractivity contribution in [3.8, 4) is 0 Å². The van der Waals surface area contributed by atoms with Crippen molar-refractivity contribution in [2.45, 2.75) is 58.0 Å². The second kappa shape index (κ2) is 6.64. The molecule has 1 heterocycles. The fraction of sp³-hybridized carbons (Fsp3) is 0.650. The maximum Gasteiger partial charge on any atom is 0.225 e. The van der Waals surface area contributed by atoms with E-state index in [0.717, 1.165) is 38.8 Å². The van der Waals surface area contributed by atoms with E-state index in [1.807, 2.05) is 11.8 Å². The van der Waals surface area contributed by atoms with Crippen LogP contribution < -0.4 is 0 Å². The van der Waals surface area contributed by atoms with Crippen LogP contribution in [0.5, 0.6) is 0 Å². The van der Waals surface area contributed by atoms with Crippen LogP contribution in [0.1, 0.15) is 50.7 Å². The van der Waals surface area contributed by atoms with Gasteiger partial charge in [-0.1, -0.05) is 31.2 Å². The van der Waals surface area contributed by atoms with Gasteiger partial charge >= 0.3 is 0 Å². The van der Waals surface area contributed by atoms with Gasteiger partial charge in [0.25, 0.3) is 0 Å². The van der Waals surface area contributed by atoms with Crippen LogP contribution >= 0.6 is 0 Å². The standard InChI is InChI=1S/C20H29NO2/c1-3-15-5-4-6-17(11-15)12-16-7-9-21(10-8-16)19(22)18-13-20(2,23)14-18/h4-6,11,16,18,23H,3,7-10,12-14H2,1-2H3/t18-,20+. The van der Waals surface area contributed by atoms with Gasteiger partial charge in [-0.05, 0) is 62.5 Å². The first-order valence-electron chi connectivity index (χ1n) is 9.06. The molecule has 3 rings (SSSR count). The highest BCUT2D eigenvalue weighted by molar-refractivity contribution is 5.80. The first-order valence-corrected chi connectivity index (χ1v) is 9.06. The number of hydrogen-bond donors (Lipinski definition) is 1. The highest BCUT2D eigenvalue weighted by Crippen LogP contribution is 2.39. The Labute approximate surface area is 139 Å². The number of aliphatic hydroxyl groups is 1. The summed E-state index contributed by atoms with van der Waals surface area (Å²) in [6.07, 6.45) is 5.70. The molecule has 126 valence electrons. The summed E-state index contributed by atoms with van der Waals surface area (Å²) in [6, 6.07) is 8.91. The Hall–Kier alpha value is -1.35. The lowest BCUT2D eigenvalue weighted by atomic mass is 9.71. The molecule has 1 aliphatic heterocycles. The lowest BCUT2D eigenvalue weighted by molar-refractivity contribution is -0.151. The highest BCUT2D eigenvalue weighted by Gasteiger charge is 2.44. The lowest BCUT2D eigenvalue weighted by Gasteiger charge is -2.43. The molecule has 2 fully saturated rings. The Balaban J connectivity index is 1.47. The van der Waals surface area contributed by atoms with E-state index in [2.05, 4.69) is 31.2 Å². The summed E-state index contributed by atoms with van der Waals surface area (Å²) in [5.41, 5.74) is 2.24. The zero-order valence-electron chi connectivity index (χ0n) is 14.4. The third-order valence-corrected chi connectivity index (χ3v) is 5.57. The minimum atomic E-state index is -0.608. The largest absolute Gasteiger partial charge is 0.390 e. The van der Waals surface area contributed by atoms with E-state index < -0.39 is 5.60 Å². The average Bonchev–Trinajstić information content (AvgIpc) is 2.53. The van der Waals surface area contributed by atoms with Gasteiger partial charge in [0.05, 0.1) is 5.60 Å². The number of rotatable bonds is 4. The number of nitrogens with zero attached hydrogens (tertiary/aromatic N) is 1. The predicted molar refractivity (Wildman–Crippen MR) is 92.2 cm³/mol. The first kappa shape index (κ1) is 16.5. The summed E-state index contributed by atoms with van der Waals surface area (Å²) >= 11 is 0. The van der Waals surface area contributed by atoms with Crippen molar-refractivity contribution in [3.63, 3.8) is 0 Å². The van der Waals surface area contributed by atoms with Crippen molar-refractivity contribution < 1.29 is 9.90 Å². The summed E-state index contributed by atoms with van der Waals surface area (Å²) in [7, 11) is 0. The molecule has 2 aliphatic rings. The zero-order chi connectivity index (χ0) is 16.4. The third-order valence-electron chi connectivity index (χ3n) is 5.57. The molecular formula is C20H29NO2. The van der Waals surface area contributed by atoms with Crippen molar-refractivity contribution in [2.24, 2.45) is 11.8 Å². The molecule has 1 aliphatic carbocycles. The second-order valence-electron chi connectivity index (χ2n) is 7.75. The smallest absolute Gasteiger partial charge is 0.225 e. The quantitative estimate of drug-likeness (QED) is 0.927. The van der Waals surface area contributed by atoms with E-state index in [9.17, 15) is 9.90 Å². The van der Waals surface area contributed by atoms with Crippen LogP contribution in [0.3, 0.4) is 0 Å². The van der Waals surface area contributed by atoms with E-state index in [0.29, 0.717) is 18.8 Å². The molecule has 1 saturated carbocycles. The molecular weight excluding hydrogens is 286 g/mol. The maximum absolute atomic E-state index is 12.4. The topological polar surface area (TPSA) is 40.5 Å². The Morgan fingerprint density at radius 3 is 2.52 bits per heavy atom. The monoisotopic (exact) mass is 315 g/mol. The third kappa shape index (κ3) is 3.95. The van der Waals surface area contributed by atoms with Crippen LogP contribution in [0, 0.1) is 11.8 Å². The van der Waals surface area contributed by atoms with Crippen molar-refractivity contribution in [1.82, 2.24) is 4.90 Å². The van der Waals surface area contributed by atoms with Crippen LogP contribution in [0.4, 0.5) is 0 Å². The number of piperidine rings is 1. The van der Waals surface area contributed by atoms with E-state index in [1.165, 1.54) is 11.1 Å². The molecule has 1 aromatic carbocycles. The van der Waals surface area contributed by atoms with Crippen LogP contribution in [-0.4, -0.2) is 34.6 Å². The summed E-state index contributed by atoms with van der Waals surface area (Å²) in [6.45, 7) is 5.79. The molecule has 1 saturated heterocycles. The molecule has 0 spiro atoms. The van der Waals surface area contributed by atoms with Crippen LogP contribution in [0.2, 0.25) is 0 Å². The number of hydrogen-bond acceptors (Lipinski definition) is 2. The Bertz CT molecular complexity index is 551. The summed E-state index contributed by atoms with van der Waals surface area (Å²) < 4.78 is 0. The van der Waals surface area contributed by atoms with Gasteiger partial charge in [-0.2, -0.15) is 0 Å². The fourth-order valence-corrected chi connectivity index (χ4v) is 4.10. The van der Waals surface area contributed by atoms with Crippen LogP contribution in [-0.2, 0) is 17.6 Å². The molecule has 0 bridgehead atoms. The van der Waals surface area contributed by atoms with E-state index in [4.69, 9.17) is 0 Å². The summed E-state index contributed by atoms with van der Waals surface area (Å²) in [4.78, 5) is 14.5. The van der Waals surface area contributed by atoms with E-state index in [1.54, 1.807) is 0 Å². The van der Waals surface area contributed by atoms with Crippen molar-refractivity contribution >= 4 is 5.91 Å². The Morgan fingerprint density at radius 2 is 1.91 bits per heavy atom. The minimum absolute atomic E-state index is 0.0581. The molecule has 1 aromatic rings.